The van der Waals surface area contributed by atoms with Gasteiger partial charge in [0.25, 0.3) is 0 Å². The zero-order chi connectivity index (χ0) is 14.5. The van der Waals surface area contributed by atoms with Crippen LogP contribution in [0.25, 0.3) is 0 Å². The average Bonchev–Trinajstić information content (AvgIpc) is 2.36. The van der Waals surface area contributed by atoms with Crippen molar-refractivity contribution >= 4 is 23.5 Å². The molecule has 19 heavy (non-hydrogen) atoms. The fourth-order valence-corrected chi connectivity index (χ4v) is 3.88. The highest BCUT2D eigenvalue weighted by atomic mass is 32.2. The van der Waals surface area contributed by atoms with Crippen LogP contribution < -0.4 is 0 Å². The van der Waals surface area contributed by atoms with Crippen LogP contribution in [0.4, 0.5) is 0 Å². The third-order valence-electron chi connectivity index (χ3n) is 3.82. The molecule has 1 aliphatic carbocycles. The van der Waals surface area contributed by atoms with Crippen LogP contribution in [0.1, 0.15) is 53.4 Å². The molecule has 0 aromatic heterocycles. The summed E-state index contributed by atoms with van der Waals surface area (Å²) in [6, 6.07) is 0. The van der Waals surface area contributed by atoms with Gasteiger partial charge in [0.15, 0.2) is 5.78 Å². The quantitative estimate of drug-likeness (QED) is 0.554. The van der Waals surface area contributed by atoms with E-state index in [-0.39, 0.29) is 5.78 Å². The maximum absolute atomic E-state index is 12.2. The lowest BCUT2D eigenvalue weighted by Gasteiger charge is -2.27. The maximum atomic E-state index is 12.2. The summed E-state index contributed by atoms with van der Waals surface area (Å²) in [5.41, 5.74) is -1.01. The molecule has 0 saturated heterocycles. The Morgan fingerprint density at radius 3 is 2.58 bits per heavy atom. The van der Waals surface area contributed by atoms with Crippen molar-refractivity contribution in [2.24, 2.45) is 11.3 Å². The fraction of sp³-hybridized carbons (Fsp3) is 0.867. The molecule has 4 heteroatoms. The van der Waals surface area contributed by atoms with Gasteiger partial charge < -0.3 is 4.74 Å². The third kappa shape index (κ3) is 4.83. The van der Waals surface area contributed by atoms with Crippen molar-refractivity contribution < 1.29 is 14.3 Å². The molecule has 0 heterocycles. The number of ether oxygens (including phenoxy) is 1. The van der Waals surface area contributed by atoms with E-state index in [4.69, 9.17) is 4.74 Å². The zero-order valence-corrected chi connectivity index (χ0v) is 13.3. The van der Waals surface area contributed by atoms with Crippen LogP contribution in [0.3, 0.4) is 0 Å². The second-order valence-corrected chi connectivity index (χ2v) is 7.26. The number of thioether (sulfide) groups is 1. The Morgan fingerprint density at radius 2 is 2.00 bits per heavy atom. The summed E-state index contributed by atoms with van der Waals surface area (Å²) in [5.74, 6) is 0.759. The van der Waals surface area contributed by atoms with E-state index in [0.717, 1.165) is 5.92 Å². The first-order valence-electron chi connectivity index (χ1n) is 7.20. The van der Waals surface area contributed by atoms with Crippen molar-refractivity contribution in [1.29, 1.82) is 0 Å². The second kappa shape index (κ2) is 7.32. The van der Waals surface area contributed by atoms with Gasteiger partial charge in [-0.15, -0.1) is 0 Å². The van der Waals surface area contributed by atoms with Gasteiger partial charge in [-0.3, -0.25) is 9.59 Å². The summed E-state index contributed by atoms with van der Waals surface area (Å²) in [6.07, 6.45) is 4.95. The second-order valence-electron chi connectivity index (χ2n) is 5.97. The number of esters is 1. The Hall–Kier alpha value is -0.510. The third-order valence-corrected chi connectivity index (χ3v) is 5.15. The van der Waals surface area contributed by atoms with Gasteiger partial charge in [-0.2, -0.15) is 11.8 Å². The summed E-state index contributed by atoms with van der Waals surface area (Å²) in [7, 11) is 0. The number of Topliss-reactive ketones (excluding diaryl/α,β-unsaturated/α-hetero) is 1. The first-order valence-corrected chi connectivity index (χ1v) is 8.25. The highest BCUT2D eigenvalue weighted by Crippen LogP contribution is 2.33. The Labute approximate surface area is 120 Å². The van der Waals surface area contributed by atoms with E-state index in [1.165, 1.54) is 25.7 Å². The minimum absolute atomic E-state index is 0.0193. The number of carbonyl (C=O) groups is 2. The monoisotopic (exact) mass is 286 g/mol. The van der Waals surface area contributed by atoms with Gasteiger partial charge in [0, 0.05) is 5.25 Å². The van der Waals surface area contributed by atoms with Crippen molar-refractivity contribution in [3.63, 3.8) is 0 Å². The highest BCUT2D eigenvalue weighted by molar-refractivity contribution is 8.00. The van der Waals surface area contributed by atoms with E-state index in [2.05, 4.69) is 6.92 Å². The molecule has 0 aromatic rings. The number of carbonyl (C=O) groups excluding carboxylic acids is 2. The molecular weight excluding hydrogens is 260 g/mol. The SMILES string of the molecule is CCOC(=O)C(C)(C)C(=O)CSC1CCCC(C)C1. The van der Waals surface area contributed by atoms with Crippen LogP contribution in [0, 0.1) is 11.3 Å². The topological polar surface area (TPSA) is 43.4 Å². The summed E-state index contributed by atoms with van der Waals surface area (Å²) in [4.78, 5) is 23.9. The van der Waals surface area contributed by atoms with Gasteiger partial charge in [0.05, 0.1) is 12.4 Å². The van der Waals surface area contributed by atoms with E-state index in [9.17, 15) is 9.59 Å². The van der Waals surface area contributed by atoms with E-state index >= 15 is 0 Å². The molecule has 1 aliphatic rings. The number of rotatable bonds is 6. The van der Waals surface area contributed by atoms with Crippen LogP contribution in [0.15, 0.2) is 0 Å². The highest BCUT2D eigenvalue weighted by Gasteiger charge is 2.37. The molecule has 110 valence electrons. The van der Waals surface area contributed by atoms with Gasteiger partial charge in [0.2, 0.25) is 0 Å². The summed E-state index contributed by atoms with van der Waals surface area (Å²) in [5, 5.41) is 0.575. The lowest BCUT2D eigenvalue weighted by molar-refractivity contribution is -0.157. The van der Waals surface area contributed by atoms with Crippen molar-refractivity contribution in [2.45, 2.75) is 58.6 Å². The molecule has 3 nitrogen and oxygen atoms in total. The molecule has 0 aliphatic heterocycles. The van der Waals surface area contributed by atoms with Gasteiger partial charge in [-0.1, -0.05) is 19.8 Å². The molecule has 1 fully saturated rings. The van der Waals surface area contributed by atoms with Crippen LogP contribution in [-0.2, 0) is 14.3 Å². The fourth-order valence-electron chi connectivity index (χ4n) is 2.33. The summed E-state index contributed by atoms with van der Waals surface area (Å²) in [6.45, 7) is 7.69. The molecular formula is C15H26O3S. The number of hydrogen-bond acceptors (Lipinski definition) is 4. The predicted molar refractivity (Wildman–Crippen MR) is 79.3 cm³/mol. The molecule has 0 radical (unpaired) electrons. The van der Waals surface area contributed by atoms with Gasteiger partial charge in [-0.25, -0.2) is 0 Å². The minimum Gasteiger partial charge on any atom is -0.465 e. The minimum atomic E-state index is -1.01. The zero-order valence-electron chi connectivity index (χ0n) is 12.5. The van der Waals surface area contributed by atoms with Gasteiger partial charge >= 0.3 is 5.97 Å². The van der Waals surface area contributed by atoms with Crippen molar-refractivity contribution in [3.8, 4) is 0 Å². The molecule has 1 saturated carbocycles. The first kappa shape index (κ1) is 16.5. The summed E-state index contributed by atoms with van der Waals surface area (Å²) < 4.78 is 4.97. The Morgan fingerprint density at radius 1 is 1.32 bits per heavy atom. The normalized spacial score (nSPS) is 24.0. The summed E-state index contributed by atoms with van der Waals surface area (Å²) >= 11 is 1.71. The van der Waals surface area contributed by atoms with E-state index in [1.54, 1.807) is 32.5 Å². The molecule has 0 amide bonds. The van der Waals surface area contributed by atoms with Crippen molar-refractivity contribution in [2.75, 3.05) is 12.4 Å². The lowest BCUT2D eigenvalue weighted by Crippen LogP contribution is -2.36. The smallest absolute Gasteiger partial charge is 0.319 e. The number of hydrogen-bond donors (Lipinski definition) is 0. The molecule has 2 atom stereocenters. The van der Waals surface area contributed by atoms with Crippen LogP contribution >= 0.6 is 11.8 Å². The molecule has 0 spiro atoms. The maximum Gasteiger partial charge on any atom is 0.319 e. The Kier molecular flexibility index (Phi) is 6.37. The Bertz CT molecular complexity index is 325. The van der Waals surface area contributed by atoms with Crippen LogP contribution in [0.5, 0.6) is 0 Å². The molecule has 2 unspecified atom stereocenters. The van der Waals surface area contributed by atoms with Crippen LogP contribution in [0.2, 0.25) is 0 Å². The molecule has 0 bridgehead atoms. The van der Waals surface area contributed by atoms with Gasteiger partial charge in [-0.05, 0) is 39.5 Å². The van der Waals surface area contributed by atoms with Crippen molar-refractivity contribution in [1.82, 2.24) is 0 Å². The van der Waals surface area contributed by atoms with Gasteiger partial charge in [0.1, 0.15) is 5.41 Å². The van der Waals surface area contributed by atoms with E-state index < -0.39 is 11.4 Å². The molecule has 0 N–H and O–H groups in total. The van der Waals surface area contributed by atoms with E-state index in [0.29, 0.717) is 17.6 Å². The molecule has 0 aromatic carbocycles. The predicted octanol–water partition coefficient (Wildman–Crippen LogP) is 3.46. The molecule has 1 rings (SSSR count). The largest absolute Gasteiger partial charge is 0.465 e. The van der Waals surface area contributed by atoms with Crippen LogP contribution in [-0.4, -0.2) is 29.4 Å². The average molecular weight is 286 g/mol. The number of ketones is 1. The Balaban J connectivity index is 2.43. The lowest BCUT2D eigenvalue weighted by atomic mass is 9.89. The van der Waals surface area contributed by atoms with Crippen molar-refractivity contribution in [3.05, 3.63) is 0 Å². The van der Waals surface area contributed by atoms with E-state index in [1.807, 2.05) is 0 Å². The standard InChI is InChI=1S/C15H26O3S/c1-5-18-14(17)15(3,4)13(16)10-19-12-8-6-7-11(2)9-12/h11-12H,5-10H2,1-4H3. The first-order chi connectivity index (χ1) is 8.87.